The third kappa shape index (κ3) is 4.92. The molecule has 0 spiro atoms. The lowest BCUT2D eigenvalue weighted by Crippen LogP contribution is -2.22. The molecule has 0 aromatic rings. The number of esters is 1. The van der Waals surface area contributed by atoms with Crippen LogP contribution in [0.3, 0.4) is 0 Å². The molecule has 66 valence electrons. The van der Waals surface area contributed by atoms with Crippen molar-refractivity contribution in [2.75, 3.05) is 7.11 Å². The highest BCUT2D eigenvalue weighted by atomic mass is 31.2. The number of methoxy groups -OCH3 is 1. The van der Waals surface area contributed by atoms with E-state index in [4.69, 9.17) is 4.89 Å². The largest absolute Gasteiger partial charge is 0.467 e. The fourth-order valence-electron chi connectivity index (χ4n) is 0.436. The fourth-order valence-corrected chi connectivity index (χ4v) is 0.975. The van der Waals surface area contributed by atoms with E-state index in [0.29, 0.717) is 0 Å². The zero-order chi connectivity index (χ0) is 9.07. The molecule has 0 aliphatic carbocycles. The molecule has 6 nitrogen and oxygen atoms in total. The summed E-state index contributed by atoms with van der Waals surface area (Å²) in [7, 11) is -2.95. The lowest BCUT2D eigenvalue weighted by molar-refractivity contribution is -0.148. The molecular weight excluding hydrogens is 173 g/mol. The van der Waals surface area contributed by atoms with E-state index in [1.165, 1.54) is 6.92 Å². The number of hydrogen-bond acceptors (Lipinski definition) is 4. The topological polar surface area (TPSA) is 98.9 Å². The van der Waals surface area contributed by atoms with Gasteiger partial charge >= 0.3 is 13.7 Å². The summed E-state index contributed by atoms with van der Waals surface area (Å²) in [6.07, 6.45) is -1.12. The van der Waals surface area contributed by atoms with E-state index in [9.17, 15) is 9.36 Å². The van der Waals surface area contributed by atoms with Crippen LogP contribution in [0.5, 0.6) is 0 Å². The summed E-state index contributed by atoms with van der Waals surface area (Å²) >= 11 is 0. The van der Waals surface area contributed by atoms with Crippen molar-refractivity contribution in [1.82, 2.24) is 0 Å². The van der Waals surface area contributed by atoms with Crippen molar-refractivity contribution in [3.63, 3.8) is 0 Å². The molecule has 0 saturated carbocycles. The summed E-state index contributed by atoms with van der Waals surface area (Å²) in [5.41, 5.74) is 4.61. The van der Waals surface area contributed by atoms with Crippen molar-refractivity contribution in [3.8, 4) is 0 Å². The zero-order valence-electron chi connectivity index (χ0n) is 6.18. The van der Waals surface area contributed by atoms with Crippen LogP contribution in [0.15, 0.2) is 0 Å². The standard InChI is InChI=1S/C4H10NO5P/c1-3(4(6)9-2)10-11(5,7)8/h3H,1-2H3,(H3,5,7,8). The third-order valence-electron chi connectivity index (χ3n) is 0.842. The Morgan fingerprint density at radius 2 is 2.18 bits per heavy atom. The molecule has 7 heteroatoms. The van der Waals surface area contributed by atoms with Gasteiger partial charge in [0.1, 0.15) is 0 Å². The number of rotatable bonds is 3. The molecule has 0 amide bonds. The van der Waals surface area contributed by atoms with Gasteiger partial charge in [-0.15, -0.1) is 0 Å². The van der Waals surface area contributed by atoms with Crippen molar-refractivity contribution in [1.29, 1.82) is 0 Å². The summed E-state index contributed by atoms with van der Waals surface area (Å²) in [6.45, 7) is 1.27. The summed E-state index contributed by atoms with van der Waals surface area (Å²) < 4.78 is 18.8. The third-order valence-corrected chi connectivity index (χ3v) is 1.46. The predicted molar refractivity (Wildman–Crippen MR) is 36.6 cm³/mol. The normalized spacial score (nSPS) is 18.5. The van der Waals surface area contributed by atoms with Gasteiger partial charge < -0.3 is 9.63 Å². The van der Waals surface area contributed by atoms with Crippen LogP contribution in [0, 0.1) is 0 Å². The van der Waals surface area contributed by atoms with Crippen LogP contribution >= 0.6 is 7.75 Å². The van der Waals surface area contributed by atoms with E-state index in [1.54, 1.807) is 0 Å². The van der Waals surface area contributed by atoms with Gasteiger partial charge in [-0.1, -0.05) is 0 Å². The number of carbonyl (C=O) groups is 1. The van der Waals surface area contributed by atoms with Gasteiger partial charge in [0.05, 0.1) is 7.11 Å². The first-order chi connectivity index (χ1) is 4.87. The maximum atomic E-state index is 10.6. The summed E-state index contributed by atoms with van der Waals surface area (Å²) in [6, 6.07) is 0. The number of ether oxygens (including phenoxy) is 1. The monoisotopic (exact) mass is 183 g/mol. The first-order valence-electron chi connectivity index (χ1n) is 2.74. The second-order valence-electron chi connectivity index (χ2n) is 1.83. The molecule has 0 fully saturated rings. The van der Waals surface area contributed by atoms with Crippen molar-refractivity contribution in [3.05, 3.63) is 0 Å². The van der Waals surface area contributed by atoms with Crippen molar-refractivity contribution in [2.24, 2.45) is 5.50 Å². The second kappa shape index (κ2) is 3.82. The molecule has 0 aromatic carbocycles. The van der Waals surface area contributed by atoms with E-state index in [0.717, 1.165) is 7.11 Å². The Hall–Kier alpha value is -0.420. The van der Waals surface area contributed by atoms with Crippen LogP contribution in [-0.4, -0.2) is 24.1 Å². The molecule has 0 rings (SSSR count). The lowest BCUT2D eigenvalue weighted by atomic mass is 10.4. The van der Waals surface area contributed by atoms with Gasteiger partial charge in [0, 0.05) is 0 Å². The number of nitrogens with two attached hydrogens (primary N) is 1. The first kappa shape index (κ1) is 10.6. The van der Waals surface area contributed by atoms with Gasteiger partial charge in [-0.05, 0) is 6.92 Å². The van der Waals surface area contributed by atoms with Crippen molar-refractivity contribution < 1.29 is 23.5 Å². The lowest BCUT2D eigenvalue weighted by Gasteiger charge is -2.11. The van der Waals surface area contributed by atoms with Gasteiger partial charge in [0.15, 0.2) is 6.10 Å². The molecule has 0 bridgehead atoms. The molecular formula is C4H10NO5P. The number of hydrogen-bond donors (Lipinski definition) is 2. The highest BCUT2D eigenvalue weighted by molar-refractivity contribution is 7.50. The van der Waals surface area contributed by atoms with E-state index >= 15 is 0 Å². The molecule has 0 heterocycles. The Labute approximate surface area is 63.9 Å². The Kier molecular flexibility index (Phi) is 3.68. The van der Waals surface area contributed by atoms with Gasteiger partial charge in [-0.2, -0.15) is 0 Å². The van der Waals surface area contributed by atoms with Gasteiger partial charge in [-0.3, -0.25) is 4.52 Å². The van der Waals surface area contributed by atoms with E-state index < -0.39 is 19.8 Å². The second-order valence-corrected chi connectivity index (χ2v) is 3.17. The highest BCUT2D eigenvalue weighted by Gasteiger charge is 2.22. The molecule has 2 unspecified atom stereocenters. The molecule has 0 aromatic heterocycles. The molecule has 11 heavy (non-hydrogen) atoms. The minimum Gasteiger partial charge on any atom is -0.467 e. The van der Waals surface area contributed by atoms with Gasteiger partial charge in [-0.25, -0.2) is 14.9 Å². The van der Waals surface area contributed by atoms with Gasteiger partial charge in [0.25, 0.3) is 0 Å². The van der Waals surface area contributed by atoms with Crippen LogP contribution in [-0.2, 0) is 18.6 Å². The Bertz CT molecular complexity index is 187. The quantitative estimate of drug-likeness (QED) is 0.457. The SMILES string of the molecule is COC(=O)C(C)OP(N)(=O)O. The maximum Gasteiger partial charge on any atom is 0.401 e. The van der Waals surface area contributed by atoms with Crippen LogP contribution in [0.25, 0.3) is 0 Å². The summed E-state index contributed by atoms with van der Waals surface area (Å²) in [5, 5.41) is 0. The molecule has 0 saturated heterocycles. The highest BCUT2D eigenvalue weighted by Crippen LogP contribution is 2.33. The van der Waals surface area contributed by atoms with E-state index in [2.05, 4.69) is 14.8 Å². The smallest absolute Gasteiger partial charge is 0.401 e. The fraction of sp³-hybridized carbons (Fsp3) is 0.750. The van der Waals surface area contributed by atoms with Crippen molar-refractivity contribution >= 4 is 13.7 Å². The molecule has 2 atom stereocenters. The van der Waals surface area contributed by atoms with Crippen LogP contribution in [0.2, 0.25) is 0 Å². The minimum absolute atomic E-state index is 0.746. The Morgan fingerprint density at radius 3 is 2.45 bits per heavy atom. The average Bonchev–Trinajstić information content (AvgIpc) is 1.82. The van der Waals surface area contributed by atoms with Crippen LogP contribution < -0.4 is 5.50 Å². The Morgan fingerprint density at radius 1 is 1.73 bits per heavy atom. The number of carbonyl (C=O) groups excluding carboxylic acids is 1. The summed E-state index contributed by atoms with van der Waals surface area (Å²) in [5.74, 6) is -0.746. The Balaban J connectivity index is 3.98. The molecule has 3 N–H and O–H groups in total. The molecule has 0 radical (unpaired) electrons. The molecule has 0 aliphatic heterocycles. The summed E-state index contributed by atoms with van der Waals surface area (Å²) in [4.78, 5) is 19.0. The molecule has 0 aliphatic rings. The van der Waals surface area contributed by atoms with Crippen LogP contribution in [0.4, 0.5) is 0 Å². The predicted octanol–water partition coefficient (Wildman–Crippen LogP) is -0.376. The minimum atomic E-state index is -4.09. The van der Waals surface area contributed by atoms with Gasteiger partial charge in [0.2, 0.25) is 0 Å². The van der Waals surface area contributed by atoms with E-state index in [-0.39, 0.29) is 0 Å². The zero-order valence-corrected chi connectivity index (χ0v) is 7.08. The maximum absolute atomic E-state index is 10.6. The van der Waals surface area contributed by atoms with E-state index in [1.807, 2.05) is 0 Å². The first-order valence-corrected chi connectivity index (χ1v) is 4.39. The van der Waals surface area contributed by atoms with Crippen molar-refractivity contribution in [2.45, 2.75) is 13.0 Å². The van der Waals surface area contributed by atoms with Crippen LogP contribution in [0.1, 0.15) is 6.92 Å². The average molecular weight is 183 g/mol.